The van der Waals surface area contributed by atoms with Gasteiger partial charge in [-0.15, -0.1) is 0 Å². The molecule has 3 aliphatic rings. The number of urea groups is 1. The second kappa shape index (κ2) is 5.72. The smallest absolute Gasteiger partial charge is 0.317 e. The van der Waals surface area contributed by atoms with Gasteiger partial charge in [-0.25, -0.2) is 4.79 Å². The second-order valence-corrected chi connectivity index (χ2v) is 7.58. The Morgan fingerprint density at radius 2 is 2.00 bits per heavy atom. The molecule has 3 fully saturated rings. The van der Waals surface area contributed by atoms with Crippen molar-refractivity contribution in [3.05, 3.63) is 0 Å². The number of carbonyl (C=O) groups is 2. The molecule has 1 spiro atoms. The fraction of sp³-hybridized carbons (Fsp3) is 0.875. The summed E-state index contributed by atoms with van der Waals surface area (Å²) in [5.41, 5.74) is 5.58. The lowest BCUT2D eigenvalue weighted by Gasteiger charge is -2.57. The molecule has 0 aromatic carbocycles. The van der Waals surface area contributed by atoms with Crippen LogP contribution in [0.5, 0.6) is 0 Å². The van der Waals surface area contributed by atoms with Gasteiger partial charge in [-0.3, -0.25) is 4.79 Å². The van der Waals surface area contributed by atoms with Gasteiger partial charge < -0.3 is 21.1 Å². The summed E-state index contributed by atoms with van der Waals surface area (Å²) in [5, 5.41) is 12.5. The van der Waals surface area contributed by atoms with Gasteiger partial charge in [-0.05, 0) is 50.9 Å². The first kappa shape index (κ1) is 15.6. The van der Waals surface area contributed by atoms with Gasteiger partial charge in [-0.1, -0.05) is 0 Å². The summed E-state index contributed by atoms with van der Waals surface area (Å²) in [6, 6.07) is 0.315. The molecule has 6 nitrogen and oxygen atoms in total. The molecule has 0 aromatic heterocycles. The van der Waals surface area contributed by atoms with Crippen LogP contribution in [0.3, 0.4) is 0 Å². The zero-order valence-electron chi connectivity index (χ0n) is 13.3. The van der Waals surface area contributed by atoms with E-state index in [1.165, 1.54) is 0 Å². The maximum absolute atomic E-state index is 12.4. The van der Waals surface area contributed by atoms with Crippen molar-refractivity contribution in [1.29, 1.82) is 0 Å². The van der Waals surface area contributed by atoms with Gasteiger partial charge in [-0.2, -0.15) is 0 Å². The van der Waals surface area contributed by atoms with Crippen molar-refractivity contribution >= 4 is 11.9 Å². The second-order valence-electron chi connectivity index (χ2n) is 7.58. The van der Waals surface area contributed by atoms with E-state index in [1.807, 2.05) is 11.8 Å². The number of carbonyl (C=O) groups excluding carboxylic acids is 2. The molecule has 1 heterocycles. The number of nitrogens with two attached hydrogens (primary N) is 1. The third kappa shape index (κ3) is 2.69. The Bertz CT molecular complexity index is 454. The molecule has 1 aliphatic heterocycles. The normalized spacial score (nSPS) is 40.7. The van der Waals surface area contributed by atoms with Crippen LogP contribution in [0.1, 0.15) is 45.4 Å². The SMILES string of the molecule is CC1C(CO)CCCN1C(=O)NC1CC2(C1)CC(C(N)=O)C2. The van der Waals surface area contributed by atoms with Crippen LogP contribution in [0.2, 0.25) is 0 Å². The number of rotatable bonds is 3. The van der Waals surface area contributed by atoms with Crippen LogP contribution in [0.25, 0.3) is 0 Å². The van der Waals surface area contributed by atoms with Gasteiger partial charge in [0.2, 0.25) is 5.91 Å². The Morgan fingerprint density at radius 3 is 2.59 bits per heavy atom. The number of likely N-dealkylation sites (tertiary alicyclic amines) is 1. The first-order valence-electron chi connectivity index (χ1n) is 8.41. The third-order valence-electron chi connectivity index (χ3n) is 6.09. The van der Waals surface area contributed by atoms with Crippen molar-refractivity contribution in [3.63, 3.8) is 0 Å². The minimum absolute atomic E-state index is 0.00345. The molecule has 2 saturated carbocycles. The maximum Gasteiger partial charge on any atom is 0.317 e. The average molecular weight is 309 g/mol. The molecule has 2 unspecified atom stereocenters. The summed E-state index contributed by atoms with van der Waals surface area (Å²) in [4.78, 5) is 25.4. The first-order chi connectivity index (χ1) is 10.4. The summed E-state index contributed by atoms with van der Waals surface area (Å²) in [6.07, 6.45) is 5.66. The van der Waals surface area contributed by atoms with E-state index in [9.17, 15) is 14.7 Å². The van der Waals surface area contributed by atoms with Crippen LogP contribution < -0.4 is 11.1 Å². The van der Waals surface area contributed by atoms with E-state index < -0.39 is 0 Å². The topological polar surface area (TPSA) is 95.7 Å². The van der Waals surface area contributed by atoms with Crippen molar-refractivity contribution in [2.45, 2.75) is 57.5 Å². The largest absolute Gasteiger partial charge is 0.396 e. The fourth-order valence-corrected chi connectivity index (χ4v) is 4.62. The van der Waals surface area contributed by atoms with Gasteiger partial charge in [0.05, 0.1) is 0 Å². The summed E-state index contributed by atoms with van der Waals surface area (Å²) in [7, 11) is 0. The van der Waals surface area contributed by atoms with E-state index in [0.717, 1.165) is 45.1 Å². The van der Waals surface area contributed by atoms with E-state index in [0.29, 0.717) is 0 Å². The van der Waals surface area contributed by atoms with E-state index in [4.69, 9.17) is 5.73 Å². The highest BCUT2D eigenvalue weighted by molar-refractivity contribution is 5.78. The molecule has 2 atom stereocenters. The van der Waals surface area contributed by atoms with E-state index in [-0.39, 0.29) is 47.9 Å². The third-order valence-corrected chi connectivity index (χ3v) is 6.09. The number of primary amides is 1. The zero-order valence-corrected chi connectivity index (χ0v) is 13.3. The van der Waals surface area contributed by atoms with Crippen LogP contribution in [0.15, 0.2) is 0 Å². The molecule has 2 aliphatic carbocycles. The lowest BCUT2D eigenvalue weighted by atomic mass is 9.50. The number of hydrogen-bond acceptors (Lipinski definition) is 3. The van der Waals surface area contributed by atoms with Crippen LogP contribution in [0, 0.1) is 17.3 Å². The molecule has 6 heteroatoms. The highest BCUT2D eigenvalue weighted by atomic mass is 16.3. The van der Waals surface area contributed by atoms with Gasteiger partial charge in [0, 0.05) is 37.1 Å². The molecule has 3 amide bonds. The Labute approximate surface area is 131 Å². The minimum Gasteiger partial charge on any atom is -0.396 e. The Balaban J connectivity index is 1.45. The lowest BCUT2D eigenvalue weighted by Crippen LogP contribution is -2.61. The molecule has 3 rings (SSSR count). The Kier molecular flexibility index (Phi) is 4.05. The minimum atomic E-state index is -0.185. The number of aliphatic hydroxyl groups is 1. The quantitative estimate of drug-likeness (QED) is 0.720. The Hall–Kier alpha value is -1.30. The summed E-state index contributed by atoms with van der Waals surface area (Å²) in [6.45, 7) is 2.93. The van der Waals surface area contributed by atoms with Gasteiger partial charge >= 0.3 is 6.03 Å². The van der Waals surface area contributed by atoms with Crippen LogP contribution in [-0.2, 0) is 4.79 Å². The number of amides is 3. The molecule has 4 N–H and O–H groups in total. The first-order valence-corrected chi connectivity index (χ1v) is 8.41. The summed E-state index contributed by atoms with van der Waals surface area (Å²) >= 11 is 0. The lowest BCUT2D eigenvalue weighted by molar-refractivity contribution is -0.135. The molecule has 0 bridgehead atoms. The van der Waals surface area contributed by atoms with Crippen LogP contribution >= 0.6 is 0 Å². The zero-order chi connectivity index (χ0) is 15.9. The van der Waals surface area contributed by atoms with Crippen molar-refractivity contribution in [3.8, 4) is 0 Å². The average Bonchev–Trinajstić information content (AvgIpc) is 2.39. The highest BCUT2D eigenvalue weighted by Gasteiger charge is 2.54. The molecule has 22 heavy (non-hydrogen) atoms. The number of piperidine rings is 1. The van der Waals surface area contributed by atoms with Crippen LogP contribution in [0.4, 0.5) is 4.79 Å². The molecule has 1 saturated heterocycles. The monoisotopic (exact) mass is 309 g/mol. The van der Waals surface area contributed by atoms with Crippen molar-refractivity contribution in [2.75, 3.05) is 13.2 Å². The van der Waals surface area contributed by atoms with Crippen LogP contribution in [-0.4, -0.2) is 47.2 Å². The number of hydrogen-bond donors (Lipinski definition) is 3. The van der Waals surface area contributed by atoms with Gasteiger partial charge in [0.25, 0.3) is 0 Å². The predicted octanol–water partition coefficient (Wildman–Crippen LogP) is 0.833. The molecule has 0 aromatic rings. The molecular formula is C16H27N3O3. The molecule has 124 valence electrons. The van der Waals surface area contributed by atoms with E-state index >= 15 is 0 Å². The number of nitrogens with one attached hydrogen (secondary N) is 1. The maximum atomic E-state index is 12.4. The van der Waals surface area contributed by atoms with E-state index in [2.05, 4.69) is 5.32 Å². The fourth-order valence-electron chi connectivity index (χ4n) is 4.62. The highest BCUT2D eigenvalue weighted by Crippen LogP contribution is 2.58. The Morgan fingerprint density at radius 1 is 1.32 bits per heavy atom. The molecule has 0 radical (unpaired) electrons. The van der Waals surface area contributed by atoms with Crippen molar-refractivity contribution < 1.29 is 14.7 Å². The van der Waals surface area contributed by atoms with Crippen molar-refractivity contribution in [1.82, 2.24) is 10.2 Å². The predicted molar refractivity (Wildman–Crippen MR) is 81.9 cm³/mol. The van der Waals surface area contributed by atoms with Gasteiger partial charge in [0.1, 0.15) is 0 Å². The van der Waals surface area contributed by atoms with Crippen molar-refractivity contribution in [2.24, 2.45) is 23.0 Å². The van der Waals surface area contributed by atoms with Gasteiger partial charge in [0.15, 0.2) is 0 Å². The number of aliphatic hydroxyl groups excluding tert-OH is 1. The standard InChI is InChI=1S/C16H27N3O3/c1-10-11(9-20)3-2-4-19(10)15(22)18-13-7-16(8-13)5-12(6-16)14(17)21/h10-13,20H,2-9H2,1H3,(H2,17,21)(H,18,22). The molecular weight excluding hydrogens is 282 g/mol. The number of nitrogens with zero attached hydrogens (tertiary/aromatic N) is 1. The summed E-state index contributed by atoms with van der Waals surface area (Å²) in [5.74, 6) is 0.0505. The summed E-state index contributed by atoms with van der Waals surface area (Å²) < 4.78 is 0. The van der Waals surface area contributed by atoms with E-state index in [1.54, 1.807) is 0 Å².